The first-order valence-electron chi connectivity index (χ1n) is 8.12. The van der Waals surface area contributed by atoms with Gasteiger partial charge in [-0.2, -0.15) is 10.1 Å². The Labute approximate surface area is 161 Å². The van der Waals surface area contributed by atoms with E-state index >= 15 is 0 Å². The van der Waals surface area contributed by atoms with Gasteiger partial charge < -0.3 is 9.47 Å². The van der Waals surface area contributed by atoms with Crippen LogP contribution in [0.5, 0.6) is 5.75 Å². The summed E-state index contributed by atoms with van der Waals surface area (Å²) in [5, 5.41) is 6.20. The first kappa shape index (κ1) is 18.7. The first-order chi connectivity index (χ1) is 13.0. The second-order valence-electron chi connectivity index (χ2n) is 5.72. The Balaban J connectivity index is 1.98. The van der Waals surface area contributed by atoms with Crippen molar-refractivity contribution in [3.8, 4) is 5.75 Å². The predicted molar refractivity (Wildman–Crippen MR) is 104 cm³/mol. The molecule has 0 N–H and O–H groups in total. The molecule has 0 saturated carbocycles. The number of carbonyl (C=O) groups excluding carboxylic acids is 2. The number of esters is 1. The lowest BCUT2D eigenvalue weighted by molar-refractivity contribution is -0.139. The van der Waals surface area contributed by atoms with Crippen molar-refractivity contribution in [3.05, 3.63) is 64.7 Å². The molecular formula is C20H17ClN2O4. The number of amides is 1. The maximum Gasteiger partial charge on any atom is 0.311 e. The molecule has 0 radical (unpaired) electrons. The average Bonchev–Trinajstić information content (AvgIpc) is 2.99. The van der Waals surface area contributed by atoms with Crippen molar-refractivity contribution in [2.45, 2.75) is 6.42 Å². The Morgan fingerprint density at radius 2 is 1.78 bits per heavy atom. The van der Waals surface area contributed by atoms with Crippen LogP contribution < -0.4 is 9.75 Å². The zero-order valence-electron chi connectivity index (χ0n) is 14.8. The van der Waals surface area contributed by atoms with Gasteiger partial charge in [0.2, 0.25) is 0 Å². The van der Waals surface area contributed by atoms with Crippen LogP contribution in [0.2, 0.25) is 5.02 Å². The lowest BCUT2D eigenvalue weighted by Crippen LogP contribution is -2.21. The number of hydrazone groups is 1. The van der Waals surface area contributed by atoms with Crippen molar-refractivity contribution in [1.82, 2.24) is 0 Å². The summed E-state index contributed by atoms with van der Waals surface area (Å²) in [6, 6.07) is 13.9. The fourth-order valence-electron chi connectivity index (χ4n) is 2.57. The quantitative estimate of drug-likeness (QED) is 0.582. The third kappa shape index (κ3) is 4.17. The summed E-state index contributed by atoms with van der Waals surface area (Å²) >= 11 is 5.91. The van der Waals surface area contributed by atoms with Crippen LogP contribution in [0.25, 0.3) is 6.08 Å². The van der Waals surface area contributed by atoms with Crippen molar-refractivity contribution in [2.75, 3.05) is 19.2 Å². The minimum absolute atomic E-state index is 0.103. The number of benzene rings is 2. The molecule has 0 saturated heterocycles. The fraction of sp³-hybridized carbons (Fsp3) is 0.150. The monoisotopic (exact) mass is 384 g/mol. The molecular weight excluding hydrogens is 368 g/mol. The number of carbonyl (C=O) groups is 2. The number of hydrogen-bond donors (Lipinski definition) is 0. The molecule has 1 amide bonds. The molecule has 0 aliphatic carbocycles. The van der Waals surface area contributed by atoms with Gasteiger partial charge >= 0.3 is 5.97 Å². The van der Waals surface area contributed by atoms with Crippen LogP contribution in [0, 0.1) is 0 Å². The number of methoxy groups -OCH3 is 2. The second-order valence-corrected chi connectivity index (χ2v) is 6.16. The van der Waals surface area contributed by atoms with Gasteiger partial charge in [0.1, 0.15) is 5.75 Å². The second kappa shape index (κ2) is 8.05. The highest BCUT2D eigenvalue weighted by Gasteiger charge is 2.32. The molecule has 0 atom stereocenters. The zero-order chi connectivity index (χ0) is 19.4. The van der Waals surface area contributed by atoms with Crippen LogP contribution in [-0.4, -0.2) is 31.8 Å². The van der Waals surface area contributed by atoms with Crippen LogP contribution in [0.15, 0.2) is 59.2 Å². The van der Waals surface area contributed by atoms with Crippen molar-refractivity contribution >= 4 is 41.0 Å². The number of hydrogen-bond acceptors (Lipinski definition) is 5. The third-order valence-corrected chi connectivity index (χ3v) is 4.24. The number of nitrogens with zero attached hydrogens (tertiary/aromatic N) is 2. The summed E-state index contributed by atoms with van der Waals surface area (Å²) in [6.07, 6.45) is 1.58. The van der Waals surface area contributed by atoms with E-state index in [1.165, 1.54) is 12.1 Å². The highest BCUT2D eigenvalue weighted by atomic mass is 35.5. The molecule has 27 heavy (non-hydrogen) atoms. The van der Waals surface area contributed by atoms with Crippen LogP contribution >= 0.6 is 11.6 Å². The molecule has 138 valence electrons. The molecule has 0 spiro atoms. The van der Waals surface area contributed by atoms with E-state index < -0.39 is 5.97 Å². The van der Waals surface area contributed by atoms with E-state index in [9.17, 15) is 9.59 Å². The Morgan fingerprint density at radius 3 is 2.37 bits per heavy atom. The molecule has 7 heteroatoms. The standard InChI is InChI=1S/C20H17ClN2O4/c1-26-16-9-7-15(8-10-16)23-20(25)17(18(22-23)12-19(24)27-2)11-13-3-5-14(21)6-4-13/h3-11H,12H2,1-2H3/b17-11-. The maximum absolute atomic E-state index is 12.9. The van der Waals surface area contributed by atoms with Crippen molar-refractivity contribution in [1.29, 1.82) is 0 Å². The smallest absolute Gasteiger partial charge is 0.311 e. The third-order valence-electron chi connectivity index (χ3n) is 3.99. The van der Waals surface area contributed by atoms with Gasteiger partial charge in [0.15, 0.2) is 0 Å². The van der Waals surface area contributed by atoms with E-state index in [4.69, 9.17) is 21.1 Å². The van der Waals surface area contributed by atoms with Crippen molar-refractivity contribution in [2.24, 2.45) is 5.10 Å². The van der Waals surface area contributed by atoms with Gasteiger partial charge in [-0.3, -0.25) is 9.59 Å². The minimum Gasteiger partial charge on any atom is -0.497 e. The number of rotatable bonds is 5. The molecule has 1 aliphatic heterocycles. The topological polar surface area (TPSA) is 68.2 Å². The van der Waals surface area contributed by atoms with Crippen molar-refractivity contribution < 1.29 is 19.1 Å². The summed E-state index contributed by atoms with van der Waals surface area (Å²) in [5.41, 5.74) is 2.02. The van der Waals surface area contributed by atoms with Gasteiger partial charge in [-0.1, -0.05) is 23.7 Å². The summed E-state index contributed by atoms with van der Waals surface area (Å²) in [7, 11) is 2.86. The zero-order valence-corrected chi connectivity index (χ0v) is 15.6. The van der Waals surface area contributed by atoms with Gasteiger partial charge in [0.25, 0.3) is 5.91 Å². The molecule has 0 fully saturated rings. The Morgan fingerprint density at radius 1 is 1.11 bits per heavy atom. The van der Waals surface area contributed by atoms with Gasteiger partial charge in [-0.25, -0.2) is 0 Å². The average molecular weight is 385 g/mol. The summed E-state index contributed by atoms with van der Waals surface area (Å²) in [5.74, 6) is -0.129. The largest absolute Gasteiger partial charge is 0.497 e. The predicted octanol–water partition coefficient (Wildman–Crippen LogP) is 3.70. The molecule has 1 heterocycles. The Kier molecular flexibility index (Phi) is 5.57. The minimum atomic E-state index is -0.472. The molecule has 3 rings (SSSR count). The van der Waals surface area contributed by atoms with E-state index in [0.29, 0.717) is 27.7 Å². The molecule has 2 aromatic rings. The lowest BCUT2D eigenvalue weighted by Gasteiger charge is -2.12. The van der Waals surface area contributed by atoms with Gasteiger partial charge in [-0.05, 0) is 48.0 Å². The number of anilines is 1. The molecule has 1 aliphatic rings. The SMILES string of the molecule is COC(=O)CC1=NN(c2ccc(OC)cc2)C(=O)/C1=C\c1ccc(Cl)cc1. The van der Waals surface area contributed by atoms with Gasteiger partial charge in [0, 0.05) is 5.02 Å². The Hall–Kier alpha value is -3.12. The molecule has 0 bridgehead atoms. The van der Waals surface area contributed by atoms with Gasteiger partial charge in [0.05, 0.1) is 37.6 Å². The fourth-order valence-corrected chi connectivity index (χ4v) is 2.69. The van der Waals surface area contributed by atoms with E-state index in [2.05, 4.69) is 5.10 Å². The lowest BCUT2D eigenvalue weighted by atomic mass is 10.0. The van der Waals surface area contributed by atoms with Crippen LogP contribution in [0.3, 0.4) is 0 Å². The summed E-state index contributed by atoms with van der Waals surface area (Å²) in [4.78, 5) is 24.7. The van der Waals surface area contributed by atoms with Gasteiger partial charge in [-0.15, -0.1) is 0 Å². The van der Waals surface area contributed by atoms with E-state index in [1.54, 1.807) is 61.7 Å². The van der Waals surface area contributed by atoms with Crippen LogP contribution in [0.1, 0.15) is 12.0 Å². The van der Waals surface area contributed by atoms with Crippen molar-refractivity contribution in [3.63, 3.8) is 0 Å². The highest BCUT2D eigenvalue weighted by molar-refractivity contribution is 6.35. The van der Waals surface area contributed by atoms with E-state index in [0.717, 1.165) is 5.56 Å². The first-order valence-corrected chi connectivity index (χ1v) is 8.50. The molecule has 0 aromatic heterocycles. The van der Waals surface area contributed by atoms with E-state index in [1.807, 2.05) is 0 Å². The van der Waals surface area contributed by atoms with Crippen LogP contribution in [0.4, 0.5) is 5.69 Å². The van der Waals surface area contributed by atoms with E-state index in [-0.39, 0.29) is 12.3 Å². The summed E-state index contributed by atoms with van der Waals surface area (Å²) in [6.45, 7) is 0. The Bertz CT molecular complexity index is 918. The number of ether oxygens (including phenoxy) is 2. The summed E-state index contributed by atoms with van der Waals surface area (Å²) < 4.78 is 9.86. The normalized spacial score (nSPS) is 15.1. The molecule has 0 unspecified atom stereocenters. The maximum atomic E-state index is 12.9. The molecule has 2 aromatic carbocycles. The molecule has 6 nitrogen and oxygen atoms in total. The number of halogens is 1. The van der Waals surface area contributed by atoms with Crippen LogP contribution in [-0.2, 0) is 14.3 Å². The highest BCUT2D eigenvalue weighted by Crippen LogP contribution is 2.28.